The number of nitrogens with zero attached hydrogens (tertiary/aromatic N) is 4. The van der Waals surface area contributed by atoms with Gasteiger partial charge in [-0.2, -0.15) is 0 Å². The number of hydrogen-bond donors (Lipinski definition) is 0. The third-order valence-corrected chi connectivity index (χ3v) is 7.13. The van der Waals surface area contributed by atoms with Gasteiger partial charge in [0.15, 0.2) is 5.82 Å². The summed E-state index contributed by atoms with van der Waals surface area (Å²) in [5.41, 5.74) is 1.53. The SMILES string of the molecule is CCN1CCN(c2c(Cl)cc3ncn(COCC[Si](C)(C)C)c3c2F)CC1. The molecule has 0 atom stereocenters. The van der Waals surface area contributed by atoms with Crippen LogP contribution >= 0.6 is 11.6 Å². The largest absolute Gasteiger partial charge is 0.365 e. The average molecular weight is 413 g/mol. The van der Waals surface area contributed by atoms with Gasteiger partial charge in [-0.15, -0.1) is 0 Å². The summed E-state index contributed by atoms with van der Waals surface area (Å²) in [5, 5.41) is 0.426. The van der Waals surface area contributed by atoms with Crippen molar-refractivity contribution in [3.8, 4) is 0 Å². The highest BCUT2D eigenvalue weighted by molar-refractivity contribution is 6.76. The standard InChI is InChI=1S/C19H30ClFN4OSi/c1-5-23-6-8-24(9-7-23)18-15(20)12-16-19(17(18)21)25(13-22-16)14-26-10-11-27(2,3)4/h12-13H,5-11,14H2,1-4H3. The number of imidazole rings is 1. The summed E-state index contributed by atoms with van der Waals surface area (Å²) >= 11 is 6.43. The van der Waals surface area contributed by atoms with Crippen LogP contribution in [0.3, 0.4) is 0 Å². The van der Waals surface area contributed by atoms with Gasteiger partial charge in [0.2, 0.25) is 0 Å². The molecule has 1 fully saturated rings. The normalized spacial score (nSPS) is 16.4. The maximum Gasteiger partial charge on any atom is 0.173 e. The molecule has 1 aromatic carbocycles. The summed E-state index contributed by atoms with van der Waals surface area (Å²) < 4.78 is 23.0. The Kier molecular flexibility index (Phi) is 6.45. The summed E-state index contributed by atoms with van der Waals surface area (Å²) in [6.07, 6.45) is 1.64. The number of benzene rings is 1. The molecule has 1 aliphatic rings. The van der Waals surface area contributed by atoms with E-state index in [-0.39, 0.29) is 5.82 Å². The zero-order valence-corrected chi connectivity index (χ0v) is 18.5. The molecule has 5 nitrogen and oxygen atoms in total. The Labute approximate surface area is 167 Å². The Morgan fingerprint density at radius 3 is 2.56 bits per heavy atom. The predicted octanol–water partition coefficient (Wildman–Crippen LogP) is 4.28. The molecule has 1 aliphatic heterocycles. The maximum absolute atomic E-state index is 15.4. The molecule has 0 saturated carbocycles. The van der Waals surface area contributed by atoms with E-state index in [9.17, 15) is 0 Å². The number of likely N-dealkylation sites (N-methyl/N-ethyl adjacent to an activating group) is 1. The summed E-state index contributed by atoms with van der Waals surface area (Å²) in [7, 11) is -1.14. The number of hydrogen-bond acceptors (Lipinski definition) is 4. The Bertz CT molecular complexity index is 784. The van der Waals surface area contributed by atoms with E-state index in [0.29, 0.717) is 35.1 Å². The van der Waals surface area contributed by atoms with Crippen molar-refractivity contribution in [1.29, 1.82) is 0 Å². The maximum atomic E-state index is 15.4. The first-order valence-corrected chi connectivity index (χ1v) is 13.8. The van der Waals surface area contributed by atoms with Crippen LogP contribution in [0.5, 0.6) is 0 Å². The quantitative estimate of drug-likeness (QED) is 0.502. The van der Waals surface area contributed by atoms with Gasteiger partial charge in [-0.25, -0.2) is 9.37 Å². The number of fused-ring (bicyclic) bond motifs is 1. The second kappa shape index (κ2) is 8.47. The van der Waals surface area contributed by atoms with Crippen molar-refractivity contribution < 1.29 is 9.13 Å². The minimum Gasteiger partial charge on any atom is -0.365 e. The smallest absolute Gasteiger partial charge is 0.173 e. The molecule has 1 aromatic heterocycles. The van der Waals surface area contributed by atoms with E-state index in [1.807, 2.05) is 4.90 Å². The number of anilines is 1. The Balaban J connectivity index is 1.80. The Hall–Kier alpha value is -1.15. The van der Waals surface area contributed by atoms with E-state index >= 15 is 4.39 Å². The molecule has 0 aliphatic carbocycles. The summed E-state index contributed by atoms with van der Waals surface area (Å²) in [6.45, 7) is 14.5. The van der Waals surface area contributed by atoms with Gasteiger partial charge in [-0.05, 0) is 18.7 Å². The van der Waals surface area contributed by atoms with E-state index in [2.05, 4.69) is 36.4 Å². The highest BCUT2D eigenvalue weighted by Crippen LogP contribution is 2.35. The van der Waals surface area contributed by atoms with Crippen LogP contribution in [0.15, 0.2) is 12.4 Å². The molecule has 0 N–H and O–H groups in total. The van der Waals surface area contributed by atoms with Gasteiger partial charge >= 0.3 is 0 Å². The van der Waals surface area contributed by atoms with Crippen LogP contribution in [0.2, 0.25) is 30.7 Å². The third kappa shape index (κ3) is 4.82. The van der Waals surface area contributed by atoms with Crippen LogP contribution in [0.4, 0.5) is 10.1 Å². The molecule has 2 aromatic rings. The van der Waals surface area contributed by atoms with Gasteiger partial charge in [-0.1, -0.05) is 38.2 Å². The van der Waals surface area contributed by atoms with Crippen molar-refractivity contribution in [3.05, 3.63) is 23.2 Å². The number of piperazine rings is 1. The first kappa shape index (κ1) is 20.6. The molecule has 150 valence electrons. The van der Waals surface area contributed by atoms with Crippen LogP contribution in [-0.4, -0.2) is 61.9 Å². The molecule has 27 heavy (non-hydrogen) atoms. The lowest BCUT2D eigenvalue weighted by molar-refractivity contribution is 0.0895. The molecule has 3 rings (SSSR count). The minimum absolute atomic E-state index is 0.297. The number of rotatable bonds is 7. The molecule has 0 spiro atoms. The van der Waals surface area contributed by atoms with Crippen molar-refractivity contribution in [3.63, 3.8) is 0 Å². The van der Waals surface area contributed by atoms with Crippen LogP contribution in [0.25, 0.3) is 11.0 Å². The first-order valence-electron chi connectivity index (χ1n) is 9.68. The second-order valence-electron chi connectivity index (χ2n) is 8.37. The summed E-state index contributed by atoms with van der Waals surface area (Å²) in [6, 6.07) is 2.85. The highest BCUT2D eigenvalue weighted by atomic mass is 35.5. The lowest BCUT2D eigenvalue weighted by Crippen LogP contribution is -2.46. The van der Waals surface area contributed by atoms with Gasteiger partial charge in [-0.3, -0.25) is 0 Å². The van der Waals surface area contributed by atoms with E-state index in [4.69, 9.17) is 16.3 Å². The molecule has 0 radical (unpaired) electrons. The van der Waals surface area contributed by atoms with Crippen molar-refractivity contribution in [2.75, 3.05) is 44.2 Å². The zero-order valence-electron chi connectivity index (χ0n) is 16.8. The van der Waals surface area contributed by atoms with Crippen LogP contribution < -0.4 is 4.90 Å². The minimum atomic E-state index is -1.14. The fourth-order valence-electron chi connectivity index (χ4n) is 3.36. The van der Waals surface area contributed by atoms with Crippen LogP contribution in [0, 0.1) is 5.82 Å². The summed E-state index contributed by atoms with van der Waals surface area (Å²) in [5.74, 6) is -0.297. The molecule has 0 unspecified atom stereocenters. The number of aromatic nitrogens is 2. The van der Waals surface area contributed by atoms with Crippen molar-refractivity contribution in [1.82, 2.24) is 14.5 Å². The first-order chi connectivity index (χ1) is 12.8. The van der Waals surface area contributed by atoms with Gasteiger partial charge in [0, 0.05) is 40.9 Å². The molecule has 8 heteroatoms. The van der Waals surface area contributed by atoms with Crippen LogP contribution in [0.1, 0.15) is 6.92 Å². The topological polar surface area (TPSA) is 33.5 Å². The zero-order chi connectivity index (χ0) is 19.6. The molecule has 1 saturated heterocycles. The molecule has 0 amide bonds. The average Bonchev–Trinajstić information content (AvgIpc) is 3.01. The van der Waals surface area contributed by atoms with Crippen molar-refractivity contribution in [2.24, 2.45) is 0 Å². The fourth-order valence-corrected chi connectivity index (χ4v) is 4.43. The molecule has 0 bridgehead atoms. The number of halogens is 2. The van der Waals surface area contributed by atoms with Gasteiger partial charge in [0.1, 0.15) is 12.2 Å². The third-order valence-electron chi connectivity index (χ3n) is 5.13. The molecule has 2 heterocycles. The van der Waals surface area contributed by atoms with Crippen LogP contribution in [-0.2, 0) is 11.5 Å². The molecular weight excluding hydrogens is 383 g/mol. The monoisotopic (exact) mass is 412 g/mol. The summed E-state index contributed by atoms with van der Waals surface area (Å²) in [4.78, 5) is 8.73. The van der Waals surface area contributed by atoms with Gasteiger partial charge in [0.25, 0.3) is 0 Å². The Morgan fingerprint density at radius 2 is 1.93 bits per heavy atom. The van der Waals surface area contributed by atoms with Gasteiger partial charge in [0.05, 0.1) is 22.6 Å². The Morgan fingerprint density at radius 1 is 1.22 bits per heavy atom. The van der Waals surface area contributed by atoms with Gasteiger partial charge < -0.3 is 19.1 Å². The lowest BCUT2D eigenvalue weighted by Gasteiger charge is -2.36. The van der Waals surface area contributed by atoms with E-state index in [1.165, 1.54) is 0 Å². The van der Waals surface area contributed by atoms with Crippen molar-refractivity contribution >= 4 is 36.4 Å². The van der Waals surface area contributed by atoms with E-state index in [1.54, 1.807) is 17.0 Å². The predicted molar refractivity (Wildman–Crippen MR) is 113 cm³/mol. The molecular formula is C19H30ClFN4OSi. The lowest BCUT2D eigenvalue weighted by atomic mass is 10.2. The van der Waals surface area contributed by atoms with E-state index < -0.39 is 8.07 Å². The van der Waals surface area contributed by atoms with E-state index in [0.717, 1.165) is 38.8 Å². The number of ether oxygens (including phenoxy) is 1. The van der Waals surface area contributed by atoms with Crippen molar-refractivity contribution in [2.45, 2.75) is 39.3 Å². The second-order valence-corrected chi connectivity index (χ2v) is 14.4. The highest BCUT2D eigenvalue weighted by Gasteiger charge is 2.24. The fraction of sp³-hybridized carbons (Fsp3) is 0.632.